The quantitative estimate of drug-likeness (QED) is 0.309. The van der Waals surface area contributed by atoms with E-state index in [1.165, 1.54) is 27.8 Å². The first-order valence-corrected chi connectivity index (χ1v) is 9.65. The summed E-state index contributed by atoms with van der Waals surface area (Å²) in [6.07, 6.45) is 2.19. The highest BCUT2D eigenvalue weighted by Crippen LogP contribution is 2.32. The number of hydrogen-bond donors (Lipinski definition) is 1. The molecule has 0 spiro atoms. The van der Waals surface area contributed by atoms with Crippen LogP contribution in [0.1, 0.15) is 5.56 Å². The fourth-order valence-corrected chi connectivity index (χ4v) is 3.58. The maximum Gasteiger partial charge on any atom is 0.237 e. The third kappa shape index (κ3) is 4.08. The molecule has 0 unspecified atom stereocenters. The molecule has 4 rings (SSSR count). The first-order chi connectivity index (χ1) is 13.2. The molecule has 0 aliphatic carbocycles. The highest BCUT2D eigenvalue weighted by atomic mass is 35.5. The summed E-state index contributed by atoms with van der Waals surface area (Å²) < 4.78 is 2.17. The van der Waals surface area contributed by atoms with Crippen LogP contribution in [0, 0.1) is 0 Å². The molecule has 1 heterocycles. The average Bonchev–Trinajstić information content (AvgIpc) is 2.72. The molecule has 0 atom stereocenters. The van der Waals surface area contributed by atoms with Crippen molar-refractivity contribution in [2.45, 2.75) is 11.6 Å². The molecule has 1 aromatic heterocycles. The fraction of sp³-hybridized carbons (Fsp3) is 0.0417. The summed E-state index contributed by atoms with van der Waals surface area (Å²) in [4.78, 5) is 0. The van der Waals surface area contributed by atoms with Gasteiger partial charge in [0.05, 0.1) is 5.56 Å². The molecular formula is C24H19ClNS+. The van der Waals surface area contributed by atoms with Crippen LogP contribution < -0.4 is 4.57 Å². The molecular weight excluding hydrogens is 370 g/mol. The Kier molecular flexibility index (Phi) is 5.28. The molecule has 4 aromatic rings. The first-order valence-electron chi connectivity index (χ1n) is 8.82. The van der Waals surface area contributed by atoms with Gasteiger partial charge in [0, 0.05) is 22.2 Å². The molecule has 132 valence electrons. The Hall–Kier alpha value is -2.55. The van der Waals surface area contributed by atoms with Gasteiger partial charge in [-0.05, 0) is 23.3 Å². The maximum atomic E-state index is 6.02. The second-order valence-electron chi connectivity index (χ2n) is 6.45. The second kappa shape index (κ2) is 7.99. The zero-order valence-corrected chi connectivity index (χ0v) is 16.4. The van der Waals surface area contributed by atoms with Gasteiger partial charge in [-0.2, -0.15) is 4.57 Å². The van der Waals surface area contributed by atoms with Crippen LogP contribution in [-0.4, -0.2) is 0 Å². The van der Waals surface area contributed by atoms with E-state index in [4.69, 9.17) is 24.2 Å². The van der Waals surface area contributed by atoms with Crippen molar-refractivity contribution in [3.63, 3.8) is 0 Å². The van der Waals surface area contributed by atoms with Gasteiger partial charge in [0.2, 0.25) is 5.03 Å². The molecule has 3 aromatic carbocycles. The highest BCUT2D eigenvalue weighted by Gasteiger charge is 2.17. The summed E-state index contributed by atoms with van der Waals surface area (Å²) in [6.45, 7) is 0.741. The molecule has 1 nitrogen and oxygen atoms in total. The Morgan fingerprint density at radius 1 is 0.704 bits per heavy atom. The van der Waals surface area contributed by atoms with Crippen molar-refractivity contribution in [3.05, 3.63) is 108 Å². The van der Waals surface area contributed by atoms with Gasteiger partial charge in [0.1, 0.15) is 0 Å². The first kappa shape index (κ1) is 17.8. The van der Waals surface area contributed by atoms with Crippen LogP contribution in [0.25, 0.3) is 22.3 Å². The normalized spacial score (nSPS) is 10.7. The largest absolute Gasteiger partial charge is 0.237 e. The van der Waals surface area contributed by atoms with E-state index in [9.17, 15) is 0 Å². The number of pyridine rings is 1. The van der Waals surface area contributed by atoms with Crippen LogP contribution >= 0.6 is 24.2 Å². The molecule has 0 saturated heterocycles. The van der Waals surface area contributed by atoms with Gasteiger partial charge in [0.15, 0.2) is 12.7 Å². The van der Waals surface area contributed by atoms with Crippen LogP contribution in [0.3, 0.4) is 0 Å². The van der Waals surface area contributed by atoms with Gasteiger partial charge in [-0.1, -0.05) is 97.0 Å². The summed E-state index contributed by atoms with van der Waals surface area (Å²) in [5.74, 6) is 0. The van der Waals surface area contributed by atoms with Crippen molar-refractivity contribution in [1.82, 2.24) is 0 Å². The number of aromatic nitrogens is 1. The van der Waals surface area contributed by atoms with Crippen molar-refractivity contribution in [2.75, 3.05) is 0 Å². The van der Waals surface area contributed by atoms with Gasteiger partial charge >= 0.3 is 0 Å². The summed E-state index contributed by atoms with van der Waals surface area (Å²) >= 11 is 10.8. The molecule has 3 heteroatoms. The lowest BCUT2D eigenvalue weighted by atomic mass is 9.96. The van der Waals surface area contributed by atoms with Crippen molar-refractivity contribution in [3.8, 4) is 22.3 Å². The van der Waals surface area contributed by atoms with Gasteiger partial charge in [-0.25, -0.2) is 0 Å². The standard InChI is InChI=1S/C24H18ClNS/c25-21-13-11-18(12-14-21)16-26-17-23(20-9-5-2-6-10-20)22(15-24(26)27)19-7-3-1-4-8-19/h1-15,17H,16H2/p+1. The van der Waals surface area contributed by atoms with Crippen molar-refractivity contribution >= 4 is 24.2 Å². The van der Waals surface area contributed by atoms with E-state index in [1.807, 2.05) is 24.3 Å². The van der Waals surface area contributed by atoms with E-state index in [2.05, 4.69) is 77.5 Å². The van der Waals surface area contributed by atoms with E-state index in [-0.39, 0.29) is 0 Å². The van der Waals surface area contributed by atoms with E-state index >= 15 is 0 Å². The van der Waals surface area contributed by atoms with Gasteiger partial charge in [0.25, 0.3) is 0 Å². The topological polar surface area (TPSA) is 3.88 Å². The minimum atomic E-state index is 0.741. The molecule has 0 aliphatic rings. The van der Waals surface area contributed by atoms with Crippen molar-refractivity contribution in [1.29, 1.82) is 0 Å². The molecule has 0 amide bonds. The number of benzene rings is 3. The van der Waals surface area contributed by atoms with Crippen LogP contribution in [0.4, 0.5) is 0 Å². The van der Waals surface area contributed by atoms with E-state index in [0.717, 1.165) is 16.6 Å². The van der Waals surface area contributed by atoms with E-state index in [1.54, 1.807) is 0 Å². The minimum Gasteiger partial charge on any atom is -0.188 e. The van der Waals surface area contributed by atoms with Crippen molar-refractivity contribution in [2.24, 2.45) is 0 Å². The van der Waals surface area contributed by atoms with E-state index < -0.39 is 0 Å². The Morgan fingerprint density at radius 2 is 1.26 bits per heavy atom. The Labute approximate surface area is 170 Å². The summed E-state index contributed by atoms with van der Waals surface area (Å²) in [5.41, 5.74) is 5.93. The SMILES string of the molecule is Sc1cc(-c2ccccc2)c(-c2ccccc2)c[n+]1Cc1ccc(Cl)cc1. The van der Waals surface area contributed by atoms with Gasteiger partial charge in [-0.3, -0.25) is 0 Å². The monoisotopic (exact) mass is 388 g/mol. The lowest BCUT2D eigenvalue weighted by Crippen LogP contribution is -2.36. The molecule has 0 fully saturated rings. The number of hydrogen-bond acceptors (Lipinski definition) is 1. The smallest absolute Gasteiger partial charge is 0.188 e. The Morgan fingerprint density at radius 3 is 1.85 bits per heavy atom. The zero-order chi connectivity index (χ0) is 18.6. The Bertz CT molecular complexity index is 1040. The molecule has 27 heavy (non-hydrogen) atoms. The molecule has 0 aliphatic heterocycles. The molecule has 0 saturated carbocycles. The number of nitrogens with zero attached hydrogens (tertiary/aromatic N) is 1. The maximum absolute atomic E-state index is 6.02. The third-order valence-electron chi connectivity index (χ3n) is 4.58. The molecule has 0 bridgehead atoms. The Balaban J connectivity index is 1.84. The van der Waals surface area contributed by atoms with Crippen LogP contribution in [0.2, 0.25) is 5.02 Å². The summed E-state index contributed by atoms with van der Waals surface area (Å²) in [6, 6.07) is 31.0. The lowest BCUT2D eigenvalue weighted by Gasteiger charge is -2.11. The van der Waals surface area contributed by atoms with E-state index in [0.29, 0.717) is 0 Å². The predicted octanol–water partition coefficient (Wildman–Crippen LogP) is 6.30. The summed E-state index contributed by atoms with van der Waals surface area (Å²) in [5, 5.41) is 1.67. The number of rotatable bonds is 4. The van der Waals surface area contributed by atoms with Gasteiger partial charge in [-0.15, -0.1) is 0 Å². The number of thiol groups is 1. The summed E-state index contributed by atoms with van der Waals surface area (Å²) in [7, 11) is 0. The third-order valence-corrected chi connectivity index (χ3v) is 5.22. The molecule has 0 N–H and O–H groups in total. The minimum absolute atomic E-state index is 0.741. The second-order valence-corrected chi connectivity index (χ2v) is 7.34. The zero-order valence-electron chi connectivity index (χ0n) is 14.7. The highest BCUT2D eigenvalue weighted by molar-refractivity contribution is 7.80. The lowest BCUT2D eigenvalue weighted by molar-refractivity contribution is -0.723. The fourth-order valence-electron chi connectivity index (χ4n) is 3.20. The molecule has 0 radical (unpaired) electrons. The van der Waals surface area contributed by atoms with Crippen LogP contribution in [0.5, 0.6) is 0 Å². The van der Waals surface area contributed by atoms with Crippen molar-refractivity contribution < 1.29 is 4.57 Å². The average molecular weight is 389 g/mol. The number of halogens is 1. The predicted molar refractivity (Wildman–Crippen MR) is 115 cm³/mol. The van der Waals surface area contributed by atoms with Crippen LogP contribution in [-0.2, 0) is 6.54 Å². The van der Waals surface area contributed by atoms with Crippen LogP contribution in [0.15, 0.2) is 102 Å². The van der Waals surface area contributed by atoms with Gasteiger partial charge < -0.3 is 0 Å².